The third-order valence-electron chi connectivity index (χ3n) is 2.65. The Morgan fingerprint density at radius 2 is 1.85 bits per heavy atom. The van der Waals surface area contributed by atoms with Gasteiger partial charge in [-0.1, -0.05) is 17.3 Å². The molecule has 0 fully saturated rings. The van der Waals surface area contributed by atoms with Gasteiger partial charge in [-0.25, -0.2) is 0 Å². The smallest absolute Gasteiger partial charge is 0.231 e. The molecule has 0 amide bonds. The molecule has 0 unspecified atom stereocenters. The van der Waals surface area contributed by atoms with E-state index in [1.807, 2.05) is 0 Å². The number of carbonyl (C=O) groups is 1. The van der Waals surface area contributed by atoms with Gasteiger partial charge < -0.3 is 27.3 Å². The number of hydrogen-bond donors (Lipinski definition) is 2. The Morgan fingerprint density at radius 3 is 2.45 bits per heavy atom. The molecule has 0 saturated heterocycles. The monoisotopic (exact) mass is 336 g/mol. The molecular formula is C14H13BrN2O3. The number of nitrogens with zero attached hydrogens (tertiary/aromatic N) is 2. The molecule has 0 aliphatic rings. The number of benzene rings is 1. The van der Waals surface area contributed by atoms with Crippen LogP contribution in [0.2, 0.25) is 0 Å². The zero-order chi connectivity index (χ0) is 13.7. The van der Waals surface area contributed by atoms with E-state index in [1.54, 1.807) is 47.3 Å². The molecule has 104 valence electrons. The Balaban J connectivity index is 0.00000200. The van der Waals surface area contributed by atoms with Crippen molar-refractivity contribution >= 4 is 12.0 Å². The second-order valence-electron chi connectivity index (χ2n) is 3.99. The third kappa shape index (κ3) is 3.89. The third-order valence-corrected chi connectivity index (χ3v) is 2.65. The zero-order valence-electron chi connectivity index (χ0n) is 10.5. The molecule has 5 nitrogen and oxygen atoms in total. The van der Waals surface area contributed by atoms with Gasteiger partial charge in [-0.05, 0) is 12.1 Å². The Hall–Kier alpha value is -2.21. The number of rotatable bonds is 4. The highest BCUT2D eigenvalue weighted by atomic mass is 79.9. The van der Waals surface area contributed by atoms with Crippen LogP contribution in [0.1, 0.15) is 15.9 Å². The first-order valence-corrected chi connectivity index (χ1v) is 5.68. The second-order valence-corrected chi connectivity index (χ2v) is 3.99. The van der Waals surface area contributed by atoms with Gasteiger partial charge in [-0.3, -0.25) is 4.79 Å². The van der Waals surface area contributed by atoms with E-state index in [9.17, 15) is 9.90 Å². The molecule has 0 bridgehead atoms. The van der Waals surface area contributed by atoms with Crippen molar-refractivity contribution in [3.8, 4) is 5.75 Å². The highest BCUT2D eigenvalue weighted by Gasteiger charge is 2.15. The summed E-state index contributed by atoms with van der Waals surface area (Å²) in [6.45, 7) is 0.133. The van der Waals surface area contributed by atoms with Gasteiger partial charge in [0.25, 0.3) is 0 Å². The van der Waals surface area contributed by atoms with Crippen LogP contribution in [-0.2, 0) is 6.54 Å². The number of phenols is 1. The lowest BCUT2D eigenvalue weighted by molar-refractivity contribution is -0.683. The van der Waals surface area contributed by atoms with Gasteiger partial charge in [0.05, 0.1) is 11.8 Å². The number of halogens is 1. The van der Waals surface area contributed by atoms with E-state index in [4.69, 9.17) is 5.21 Å². The van der Waals surface area contributed by atoms with Crippen molar-refractivity contribution in [3.63, 3.8) is 0 Å². The molecule has 1 heterocycles. The van der Waals surface area contributed by atoms with Crippen LogP contribution in [0.5, 0.6) is 5.75 Å². The first-order valence-electron chi connectivity index (χ1n) is 5.68. The lowest BCUT2D eigenvalue weighted by Crippen LogP contribution is -3.00. The lowest BCUT2D eigenvalue weighted by atomic mass is 10.1. The van der Waals surface area contributed by atoms with Crippen LogP contribution in [0.25, 0.3) is 0 Å². The number of aromatic hydroxyl groups is 1. The number of ketones is 1. The van der Waals surface area contributed by atoms with Crippen molar-refractivity contribution in [2.75, 3.05) is 0 Å². The van der Waals surface area contributed by atoms with Crippen molar-refractivity contribution in [2.45, 2.75) is 6.54 Å². The number of carbonyl (C=O) groups excluding carboxylic acids is 1. The lowest BCUT2D eigenvalue weighted by Gasteiger charge is -2.01. The maximum atomic E-state index is 12.0. The summed E-state index contributed by atoms with van der Waals surface area (Å²) in [4.78, 5) is 12.0. The van der Waals surface area contributed by atoms with Crippen molar-refractivity contribution in [2.24, 2.45) is 5.16 Å². The summed E-state index contributed by atoms with van der Waals surface area (Å²) >= 11 is 0. The van der Waals surface area contributed by atoms with Crippen molar-refractivity contribution in [1.82, 2.24) is 0 Å². The highest BCUT2D eigenvalue weighted by Crippen LogP contribution is 2.15. The number of pyridine rings is 1. The summed E-state index contributed by atoms with van der Waals surface area (Å²) in [5.41, 5.74) is 1.03. The molecule has 2 N–H and O–H groups in total. The predicted octanol–water partition coefficient (Wildman–Crippen LogP) is -1.63. The first-order chi connectivity index (χ1) is 9.20. The first kappa shape index (κ1) is 15.8. The maximum absolute atomic E-state index is 12.0. The molecule has 1 aromatic carbocycles. The standard InChI is InChI=1S/C14H12N2O3.BrH/c17-13-4-2-1-3-12(13)14(18)10-16-7-5-11(6-8-16)9-15-19;/h1-9H,10H2,(H,17,18);1H. The summed E-state index contributed by atoms with van der Waals surface area (Å²) in [6, 6.07) is 9.89. The van der Waals surface area contributed by atoms with Gasteiger partial charge >= 0.3 is 0 Å². The van der Waals surface area contributed by atoms with Crippen molar-refractivity contribution < 1.29 is 36.7 Å². The fraction of sp³-hybridized carbons (Fsp3) is 0.0714. The molecule has 6 heteroatoms. The number of phenolic OH excluding ortho intramolecular Hbond substituents is 1. The number of aromatic nitrogens is 1. The topological polar surface area (TPSA) is 73.8 Å². The number of Topliss-reactive ketones (excluding diaryl/α,β-unsaturated/α-hetero) is 1. The molecule has 0 atom stereocenters. The molecule has 0 aliphatic heterocycles. The fourth-order valence-corrected chi connectivity index (χ4v) is 1.69. The quantitative estimate of drug-likeness (QED) is 0.231. The van der Waals surface area contributed by atoms with Crippen LogP contribution >= 0.6 is 0 Å². The number of oxime groups is 1. The van der Waals surface area contributed by atoms with Crippen LogP contribution in [0.15, 0.2) is 53.9 Å². The molecule has 0 spiro atoms. The fourth-order valence-electron chi connectivity index (χ4n) is 1.69. The van der Waals surface area contributed by atoms with E-state index in [1.165, 1.54) is 12.3 Å². The minimum absolute atomic E-state index is 0. The molecule has 2 aromatic rings. The van der Waals surface area contributed by atoms with Gasteiger partial charge in [0, 0.05) is 17.7 Å². The second kappa shape index (κ2) is 7.40. The van der Waals surface area contributed by atoms with E-state index in [0.29, 0.717) is 5.56 Å². The normalized spacial score (nSPS) is 10.2. The predicted molar refractivity (Wildman–Crippen MR) is 68.5 cm³/mol. The minimum atomic E-state index is -0.174. The van der Waals surface area contributed by atoms with Gasteiger partial charge in [0.15, 0.2) is 12.4 Å². The number of hydrogen-bond acceptors (Lipinski definition) is 4. The summed E-state index contributed by atoms with van der Waals surface area (Å²) in [6.07, 6.45) is 4.71. The van der Waals surface area contributed by atoms with Gasteiger partial charge in [-0.2, -0.15) is 4.57 Å². The Labute approximate surface area is 126 Å². The molecule has 0 aliphatic carbocycles. The van der Waals surface area contributed by atoms with Crippen LogP contribution in [0.3, 0.4) is 0 Å². The maximum Gasteiger partial charge on any atom is 0.231 e. The van der Waals surface area contributed by atoms with Crippen molar-refractivity contribution in [3.05, 3.63) is 59.9 Å². The summed E-state index contributed by atoms with van der Waals surface area (Å²) < 4.78 is 1.68. The molecule has 0 radical (unpaired) electrons. The van der Waals surface area contributed by atoms with E-state index in [2.05, 4.69) is 5.16 Å². The molecule has 1 aromatic heterocycles. The Bertz CT molecular complexity index is 612. The van der Waals surface area contributed by atoms with Crippen LogP contribution in [0.4, 0.5) is 0 Å². The summed E-state index contributed by atoms with van der Waals surface area (Å²) in [7, 11) is 0. The summed E-state index contributed by atoms with van der Waals surface area (Å²) in [5, 5.41) is 20.9. The van der Waals surface area contributed by atoms with E-state index in [0.717, 1.165) is 5.56 Å². The van der Waals surface area contributed by atoms with Crippen LogP contribution < -0.4 is 21.5 Å². The van der Waals surface area contributed by atoms with E-state index >= 15 is 0 Å². The van der Waals surface area contributed by atoms with E-state index < -0.39 is 0 Å². The highest BCUT2D eigenvalue weighted by molar-refractivity contribution is 5.97. The van der Waals surface area contributed by atoms with E-state index in [-0.39, 0.29) is 35.1 Å². The molecule has 2 rings (SSSR count). The summed E-state index contributed by atoms with van der Waals surface area (Å²) in [5.74, 6) is -0.191. The Morgan fingerprint density at radius 1 is 1.20 bits per heavy atom. The SMILES string of the molecule is O=C(C[n+]1ccc(C=NO)cc1)c1ccccc1O.[Br-]. The largest absolute Gasteiger partial charge is 1.00 e. The molecule has 0 saturated carbocycles. The minimum Gasteiger partial charge on any atom is -1.00 e. The molecule has 20 heavy (non-hydrogen) atoms. The Kier molecular flexibility index (Phi) is 5.86. The van der Waals surface area contributed by atoms with Crippen LogP contribution in [-0.4, -0.2) is 22.3 Å². The van der Waals surface area contributed by atoms with Crippen LogP contribution in [0, 0.1) is 0 Å². The average molecular weight is 337 g/mol. The van der Waals surface area contributed by atoms with Gasteiger partial charge in [0.1, 0.15) is 5.75 Å². The average Bonchev–Trinajstić information content (AvgIpc) is 2.42. The van der Waals surface area contributed by atoms with Gasteiger partial charge in [0.2, 0.25) is 12.3 Å². The van der Waals surface area contributed by atoms with Crippen molar-refractivity contribution in [1.29, 1.82) is 0 Å². The number of para-hydroxylation sites is 1. The zero-order valence-corrected chi connectivity index (χ0v) is 12.1. The van der Waals surface area contributed by atoms with Gasteiger partial charge in [-0.15, -0.1) is 0 Å². The molecular weight excluding hydrogens is 324 g/mol.